The highest BCUT2D eigenvalue weighted by molar-refractivity contribution is 5.69. The number of nitrogens with one attached hydrogen (secondary N) is 1. The van der Waals surface area contributed by atoms with E-state index >= 15 is 0 Å². The Labute approximate surface area is 86.0 Å². The summed E-state index contributed by atoms with van der Waals surface area (Å²) in [5, 5.41) is 26.1. The lowest BCUT2D eigenvalue weighted by molar-refractivity contribution is -0.372. The van der Waals surface area contributed by atoms with Crippen molar-refractivity contribution < 1.29 is 4.98 Å². The Hall–Kier alpha value is -2.78. The van der Waals surface area contributed by atoms with E-state index in [4.69, 9.17) is 27.3 Å². The van der Waals surface area contributed by atoms with Gasteiger partial charge in [0.1, 0.15) is 23.4 Å². The molecule has 0 aliphatic carbocycles. The van der Waals surface area contributed by atoms with E-state index in [0.29, 0.717) is 5.69 Å². The molecule has 0 spiro atoms. The normalized spacial score (nSPS) is 8.60. The van der Waals surface area contributed by atoms with E-state index in [9.17, 15) is 0 Å². The minimum absolute atomic E-state index is 0.0109. The van der Waals surface area contributed by atoms with Gasteiger partial charge in [0.2, 0.25) is 0 Å². The Bertz CT molecular complexity index is 525. The van der Waals surface area contributed by atoms with E-state index in [1.807, 2.05) is 12.1 Å². The molecular formula is C9H7N6+. The Balaban J connectivity index is 3.57. The SMILES string of the molecule is N#CCc1[nH+]c(N)c(C#N)c(N)c1C#N. The van der Waals surface area contributed by atoms with Crippen LogP contribution < -0.4 is 16.5 Å². The summed E-state index contributed by atoms with van der Waals surface area (Å²) in [6.07, 6.45) is -0.0109. The molecule has 1 aromatic heterocycles. The first kappa shape index (κ1) is 10.3. The maximum atomic E-state index is 8.83. The summed E-state index contributed by atoms with van der Waals surface area (Å²) in [7, 11) is 0. The van der Waals surface area contributed by atoms with Crippen molar-refractivity contribution in [3.63, 3.8) is 0 Å². The van der Waals surface area contributed by atoms with Crippen molar-refractivity contribution >= 4 is 11.5 Å². The molecule has 0 bridgehead atoms. The van der Waals surface area contributed by atoms with Crippen LogP contribution in [0, 0.1) is 34.0 Å². The highest BCUT2D eigenvalue weighted by atomic mass is 14.9. The van der Waals surface area contributed by atoms with Gasteiger partial charge in [-0.1, -0.05) is 0 Å². The zero-order valence-electron chi connectivity index (χ0n) is 7.70. The summed E-state index contributed by atoms with van der Waals surface area (Å²) in [6, 6.07) is 5.50. The number of nitrogens with two attached hydrogens (primary N) is 2. The largest absolute Gasteiger partial charge is 0.396 e. The third-order valence-corrected chi connectivity index (χ3v) is 1.87. The van der Waals surface area contributed by atoms with Crippen molar-refractivity contribution in [3.05, 3.63) is 16.8 Å². The second kappa shape index (κ2) is 3.95. The van der Waals surface area contributed by atoms with Gasteiger partial charge in [0, 0.05) is 0 Å². The number of nitriles is 3. The van der Waals surface area contributed by atoms with Crippen molar-refractivity contribution in [1.82, 2.24) is 0 Å². The number of aromatic amines is 1. The molecule has 0 aliphatic rings. The van der Waals surface area contributed by atoms with Gasteiger partial charge in [-0.05, 0) is 0 Å². The zero-order chi connectivity index (χ0) is 11.4. The average molecular weight is 199 g/mol. The zero-order valence-corrected chi connectivity index (χ0v) is 7.70. The molecule has 5 N–H and O–H groups in total. The predicted molar refractivity (Wildman–Crippen MR) is 50.6 cm³/mol. The summed E-state index contributed by atoms with van der Waals surface area (Å²) in [5.41, 5.74) is 11.6. The van der Waals surface area contributed by atoms with Gasteiger partial charge in [0.15, 0.2) is 5.56 Å². The highest BCUT2D eigenvalue weighted by Gasteiger charge is 2.19. The van der Waals surface area contributed by atoms with Gasteiger partial charge in [0.25, 0.3) is 5.82 Å². The van der Waals surface area contributed by atoms with Crippen LogP contribution in [0.4, 0.5) is 11.5 Å². The third kappa shape index (κ3) is 1.63. The standard InChI is InChI=1S/C9H6N6/c10-2-1-7-5(3-11)8(13)6(4-12)9(14)15-7/h1H2,(H4,13,14,15)/p+1. The minimum atomic E-state index is -0.0109. The van der Waals surface area contributed by atoms with E-state index in [1.54, 1.807) is 6.07 Å². The Morgan fingerprint density at radius 3 is 2.13 bits per heavy atom. The summed E-state index contributed by atoms with van der Waals surface area (Å²) in [4.78, 5) is 2.62. The van der Waals surface area contributed by atoms with Gasteiger partial charge in [-0.15, -0.1) is 0 Å². The molecule has 0 aromatic carbocycles. The van der Waals surface area contributed by atoms with E-state index < -0.39 is 0 Å². The molecule has 0 saturated heterocycles. The number of nitrogens with zero attached hydrogens (tertiary/aromatic N) is 3. The van der Waals surface area contributed by atoms with Gasteiger partial charge in [-0.3, -0.25) is 5.73 Å². The smallest absolute Gasteiger partial charge is 0.290 e. The van der Waals surface area contributed by atoms with Crippen LogP contribution in [0.2, 0.25) is 0 Å². The molecule has 6 heteroatoms. The third-order valence-electron chi connectivity index (χ3n) is 1.87. The first-order valence-electron chi connectivity index (χ1n) is 3.96. The summed E-state index contributed by atoms with van der Waals surface area (Å²) in [5.74, 6) is 0.0688. The van der Waals surface area contributed by atoms with Gasteiger partial charge in [-0.2, -0.15) is 15.8 Å². The van der Waals surface area contributed by atoms with E-state index in [-0.39, 0.29) is 29.1 Å². The van der Waals surface area contributed by atoms with Crippen molar-refractivity contribution in [2.75, 3.05) is 11.5 Å². The molecule has 15 heavy (non-hydrogen) atoms. The number of rotatable bonds is 1. The molecule has 0 atom stereocenters. The topological polar surface area (TPSA) is 138 Å². The molecule has 0 amide bonds. The van der Waals surface area contributed by atoms with Crippen LogP contribution in [0.1, 0.15) is 16.8 Å². The predicted octanol–water partition coefficient (Wildman–Crippen LogP) is -0.525. The lowest BCUT2D eigenvalue weighted by atomic mass is 10.1. The average Bonchev–Trinajstić information content (AvgIpc) is 2.19. The fourth-order valence-electron chi connectivity index (χ4n) is 1.18. The Morgan fingerprint density at radius 2 is 1.67 bits per heavy atom. The maximum Gasteiger partial charge on any atom is 0.290 e. The van der Waals surface area contributed by atoms with Crippen molar-refractivity contribution in [2.45, 2.75) is 6.42 Å². The first-order chi connectivity index (χ1) is 7.15. The molecule has 1 rings (SSSR count). The molecule has 72 valence electrons. The number of aromatic nitrogens is 1. The van der Waals surface area contributed by atoms with Crippen LogP contribution in [0.5, 0.6) is 0 Å². The number of pyridine rings is 1. The number of nitrogen functional groups attached to an aromatic ring is 2. The van der Waals surface area contributed by atoms with Crippen LogP contribution in [-0.2, 0) is 6.42 Å². The number of H-pyrrole nitrogens is 1. The summed E-state index contributed by atoms with van der Waals surface area (Å²) >= 11 is 0. The molecule has 0 fully saturated rings. The minimum Gasteiger partial charge on any atom is -0.396 e. The lowest BCUT2D eigenvalue weighted by Gasteiger charge is -2.02. The van der Waals surface area contributed by atoms with Crippen molar-refractivity contribution in [1.29, 1.82) is 15.8 Å². The quantitative estimate of drug-likeness (QED) is 0.626. The molecule has 6 nitrogen and oxygen atoms in total. The molecule has 0 saturated carbocycles. The molecule has 0 aliphatic heterocycles. The van der Waals surface area contributed by atoms with E-state index in [2.05, 4.69) is 4.98 Å². The fourth-order valence-corrected chi connectivity index (χ4v) is 1.18. The van der Waals surface area contributed by atoms with Gasteiger partial charge >= 0.3 is 0 Å². The summed E-state index contributed by atoms with van der Waals surface area (Å²) in [6.45, 7) is 0. The Kier molecular flexibility index (Phi) is 2.71. The highest BCUT2D eigenvalue weighted by Crippen LogP contribution is 2.20. The van der Waals surface area contributed by atoms with Crippen LogP contribution >= 0.6 is 0 Å². The molecule has 0 unspecified atom stereocenters. The second-order valence-corrected chi connectivity index (χ2v) is 2.74. The van der Waals surface area contributed by atoms with Crippen LogP contribution in [-0.4, -0.2) is 0 Å². The number of anilines is 2. The van der Waals surface area contributed by atoms with E-state index in [1.165, 1.54) is 0 Å². The maximum absolute atomic E-state index is 8.83. The van der Waals surface area contributed by atoms with Crippen LogP contribution in [0.3, 0.4) is 0 Å². The van der Waals surface area contributed by atoms with Crippen LogP contribution in [0.15, 0.2) is 0 Å². The van der Waals surface area contributed by atoms with Crippen molar-refractivity contribution in [3.8, 4) is 18.2 Å². The summed E-state index contributed by atoms with van der Waals surface area (Å²) < 4.78 is 0. The molecule has 0 radical (unpaired) electrons. The molecule has 1 aromatic rings. The monoisotopic (exact) mass is 199 g/mol. The van der Waals surface area contributed by atoms with E-state index in [0.717, 1.165) is 0 Å². The second-order valence-electron chi connectivity index (χ2n) is 2.74. The lowest BCUT2D eigenvalue weighted by Crippen LogP contribution is -2.22. The first-order valence-corrected chi connectivity index (χ1v) is 3.96. The Morgan fingerprint density at radius 1 is 1.07 bits per heavy atom. The number of hydrogen-bond acceptors (Lipinski definition) is 5. The fraction of sp³-hybridized carbons (Fsp3) is 0.111. The van der Waals surface area contributed by atoms with Crippen molar-refractivity contribution in [2.24, 2.45) is 0 Å². The van der Waals surface area contributed by atoms with Gasteiger partial charge < -0.3 is 5.73 Å². The van der Waals surface area contributed by atoms with Crippen LogP contribution in [0.25, 0.3) is 0 Å². The number of hydrogen-bond donors (Lipinski definition) is 2. The van der Waals surface area contributed by atoms with Gasteiger partial charge in [-0.25, -0.2) is 4.98 Å². The molecule has 1 heterocycles. The molecular weight excluding hydrogens is 192 g/mol. The van der Waals surface area contributed by atoms with Gasteiger partial charge in [0.05, 0.1) is 18.2 Å².